The lowest BCUT2D eigenvalue weighted by Gasteiger charge is -2.31. The van der Waals surface area contributed by atoms with Crippen LogP contribution in [-0.4, -0.2) is 52.1 Å². The molecule has 0 aliphatic carbocycles. The van der Waals surface area contributed by atoms with Gasteiger partial charge in [-0.2, -0.15) is 5.10 Å². The molecule has 1 fully saturated rings. The van der Waals surface area contributed by atoms with E-state index in [1.165, 1.54) is 11.3 Å². The molecular weight excluding hydrogens is 364 g/mol. The van der Waals surface area contributed by atoms with E-state index in [0.717, 1.165) is 56.5 Å². The minimum atomic E-state index is 0.464. The molecule has 0 atom stereocenters. The molecule has 8 nitrogen and oxygen atoms in total. The van der Waals surface area contributed by atoms with Gasteiger partial charge in [0.2, 0.25) is 0 Å². The van der Waals surface area contributed by atoms with Crippen LogP contribution in [0.1, 0.15) is 47.5 Å². The summed E-state index contributed by atoms with van der Waals surface area (Å²) in [5, 5.41) is 13.5. The van der Waals surface area contributed by atoms with Gasteiger partial charge in [0.25, 0.3) is 0 Å². The fraction of sp³-hybridized carbons (Fsp3) is 0.524. The molecule has 1 aliphatic rings. The minimum absolute atomic E-state index is 0.464. The van der Waals surface area contributed by atoms with Gasteiger partial charge in [0.05, 0.1) is 19.3 Å². The largest absolute Gasteiger partial charge is 0.328 e. The Morgan fingerprint density at radius 3 is 2.66 bits per heavy atom. The third-order valence-electron chi connectivity index (χ3n) is 6.09. The maximum Gasteiger partial charge on any atom is 0.152 e. The molecule has 0 N–H and O–H groups in total. The first-order chi connectivity index (χ1) is 14.1. The summed E-state index contributed by atoms with van der Waals surface area (Å²) in [5.41, 5.74) is 2.54. The van der Waals surface area contributed by atoms with Gasteiger partial charge in [-0.25, -0.2) is 4.98 Å². The minimum Gasteiger partial charge on any atom is -0.328 e. The molecule has 3 aromatic rings. The first-order valence-corrected chi connectivity index (χ1v) is 10.3. The predicted molar refractivity (Wildman–Crippen MR) is 111 cm³/mol. The van der Waals surface area contributed by atoms with Gasteiger partial charge in [-0.15, -0.1) is 16.8 Å². The second kappa shape index (κ2) is 8.32. The molecule has 154 valence electrons. The number of aromatic nitrogens is 7. The molecule has 1 saturated heterocycles. The molecule has 0 amide bonds. The number of allylic oxidation sites excluding steroid dienone is 1. The van der Waals surface area contributed by atoms with Gasteiger partial charge in [-0.1, -0.05) is 6.08 Å². The van der Waals surface area contributed by atoms with E-state index < -0.39 is 0 Å². The summed E-state index contributed by atoms with van der Waals surface area (Å²) in [6.07, 6.45) is 9.91. The molecule has 4 rings (SSSR count). The normalized spacial score (nSPS) is 15.8. The Balaban J connectivity index is 1.36. The van der Waals surface area contributed by atoms with Crippen molar-refractivity contribution in [2.45, 2.75) is 52.2 Å². The Kier molecular flexibility index (Phi) is 5.62. The SMILES string of the molecule is C=CCn1ncc(CN2CCC(c3nnc(Cn4ccnc4C)n3C)CC2)c1C. The molecule has 0 unspecified atom stereocenters. The summed E-state index contributed by atoms with van der Waals surface area (Å²) < 4.78 is 6.28. The fourth-order valence-corrected chi connectivity index (χ4v) is 4.13. The molecule has 1 aliphatic heterocycles. The van der Waals surface area contributed by atoms with Gasteiger partial charge >= 0.3 is 0 Å². The highest BCUT2D eigenvalue weighted by atomic mass is 15.3. The van der Waals surface area contributed by atoms with Crippen molar-refractivity contribution in [3.63, 3.8) is 0 Å². The van der Waals surface area contributed by atoms with Gasteiger partial charge in [0.15, 0.2) is 5.82 Å². The molecule has 0 radical (unpaired) electrons. The van der Waals surface area contributed by atoms with Crippen LogP contribution in [0.2, 0.25) is 0 Å². The molecule has 0 aromatic carbocycles. The number of likely N-dealkylation sites (tertiary alicyclic amines) is 1. The monoisotopic (exact) mass is 394 g/mol. The van der Waals surface area contributed by atoms with Crippen LogP contribution < -0.4 is 0 Å². The lowest BCUT2D eigenvalue weighted by Crippen LogP contribution is -2.33. The van der Waals surface area contributed by atoms with Gasteiger partial charge in [-0.3, -0.25) is 9.58 Å². The van der Waals surface area contributed by atoms with Crippen LogP contribution in [0.15, 0.2) is 31.2 Å². The Bertz CT molecular complexity index is 971. The molecule has 3 aromatic heterocycles. The van der Waals surface area contributed by atoms with Crippen LogP contribution in [-0.2, 0) is 26.7 Å². The van der Waals surface area contributed by atoms with Crippen molar-refractivity contribution in [3.8, 4) is 0 Å². The van der Waals surface area contributed by atoms with Crippen molar-refractivity contribution < 1.29 is 0 Å². The number of piperidine rings is 1. The van der Waals surface area contributed by atoms with E-state index >= 15 is 0 Å². The van der Waals surface area contributed by atoms with E-state index in [-0.39, 0.29) is 0 Å². The average molecular weight is 395 g/mol. The zero-order valence-corrected chi connectivity index (χ0v) is 17.6. The fourth-order valence-electron chi connectivity index (χ4n) is 4.13. The molecule has 29 heavy (non-hydrogen) atoms. The molecule has 0 spiro atoms. The summed E-state index contributed by atoms with van der Waals surface area (Å²) >= 11 is 0. The number of hydrogen-bond acceptors (Lipinski definition) is 5. The summed E-state index contributed by atoms with van der Waals surface area (Å²) in [6, 6.07) is 0. The number of aryl methyl sites for hydroxylation is 1. The molecule has 8 heteroatoms. The van der Waals surface area contributed by atoms with Crippen molar-refractivity contribution in [1.29, 1.82) is 0 Å². The Labute approximate surface area is 171 Å². The van der Waals surface area contributed by atoms with Gasteiger partial charge in [0.1, 0.15) is 11.6 Å². The Morgan fingerprint density at radius 2 is 1.97 bits per heavy atom. The smallest absolute Gasteiger partial charge is 0.152 e. The second-order valence-electron chi connectivity index (χ2n) is 7.91. The summed E-state index contributed by atoms with van der Waals surface area (Å²) in [7, 11) is 2.08. The van der Waals surface area contributed by atoms with Crippen LogP contribution in [0.3, 0.4) is 0 Å². The topological polar surface area (TPSA) is 69.6 Å². The summed E-state index contributed by atoms with van der Waals surface area (Å²) in [5.74, 6) is 3.54. The third kappa shape index (κ3) is 4.03. The van der Waals surface area contributed by atoms with Gasteiger partial charge < -0.3 is 9.13 Å². The predicted octanol–water partition coefficient (Wildman–Crippen LogP) is 2.44. The van der Waals surface area contributed by atoms with Crippen LogP contribution in [0.25, 0.3) is 0 Å². The number of rotatable bonds is 7. The third-order valence-corrected chi connectivity index (χ3v) is 6.09. The standard InChI is InChI=1S/C21H30N8/c1-5-9-29-16(2)19(13-23-29)14-27-10-6-18(7-11-27)21-25-24-20(26(21)4)15-28-12-8-22-17(28)3/h5,8,12-13,18H,1,6-7,9-11,14-15H2,2-4H3. The van der Waals surface area contributed by atoms with E-state index in [0.29, 0.717) is 12.5 Å². The van der Waals surface area contributed by atoms with Crippen LogP contribution >= 0.6 is 0 Å². The van der Waals surface area contributed by atoms with Gasteiger partial charge in [-0.05, 0) is 39.8 Å². The maximum atomic E-state index is 4.53. The zero-order valence-electron chi connectivity index (χ0n) is 17.6. The van der Waals surface area contributed by atoms with Crippen molar-refractivity contribution in [3.05, 3.63) is 60.0 Å². The number of hydrogen-bond donors (Lipinski definition) is 0. The van der Waals surface area contributed by atoms with E-state index in [9.17, 15) is 0 Å². The van der Waals surface area contributed by atoms with E-state index in [1.54, 1.807) is 0 Å². The van der Waals surface area contributed by atoms with Crippen LogP contribution in [0, 0.1) is 13.8 Å². The lowest BCUT2D eigenvalue weighted by molar-refractivity contribution is 0.200. The van der Waals surface area contributed by atoms with Crippen LogP contribution in [0.4, 0.5) is 0 Å². The Morgan fingerprint density at radius 1 is 1.17 bits per heavy atom. The molecule has 0 bridgehead atoms. The first-order valence-electron chi connectivity index (χ1n) is 10.3. The molecule has 4 heterocycles. The summed E-state index contributed by atoms with van der Waals surface area (Å²) in [6.45, 7) is 12.5. The summed E-state index contributed by atoms with van der Waals surface area (Å²) in [4.78, 5) is 6.81. The van der Waals surface area contributed by atoms with E-state index in [4.69, 9.17) is 0 Å². The van der Waals surface area contributed by atoms with Crippen molar-refractivity contribution in [2.24, 2.45) is 7.05 Å². The zero-order chi connectivity index (χ0) is 20.4. The average Bonchev–Trinajstić information content (AvgIpc) is 3.39. The second-order valence-corrected chi connectivity index (χ2v) is 7.91. The highest BCUT2D eigenvalue weighted by molar-refractivity contribution is 5.16. The highest BCUT2D eigenvalue weighted by Crippen LogP contribution is 2.28. The quantitative estimate of drug-likeness (QED) is 0.576. The number of imidazole rings is 1. The van der Waals surface area contributed by atoms with Crippen LogP contribution in [0.5, 0.6) is 0 Å². The molecular formula is C21H30N8. The van der Waals surface area contributed by atoms with Gasteiger partial charge in [0, 0.05) is 43.2 Å². The van der Waals surface area contributed by atoms with Crippen molar-refractivity contribution in [2.75, 3.05) is 13.1 Å². The van der Waals surface area contributed by atoms with Crippen molar-refractivity contribution >= 4 is 0 Å². The van der Waals surface area contributed by atoms with E-state index in [1.807, 2.05) is 36.3 Å². The highest BCUT2D eigenvalue weighted by Gasteiger charge is 2.26. The number of nitrogens with zero attached hydrogens (tertiary/aromatic N) is 8. The van der Waals surface area contributed by atoms with E-state index in [2.05, 4.69) is 54.9 Å². The first kappa shape index (κ1) is 19.6. The molecule has 0 saturated carbocycles. The Hall–Kier alpha value is -2.74. The maximum absolute atomic E-state index is 4.53. The lowest BCUT2D eigenvalue weighted by atomic mass is 9.95. The van der Waals surface area contributed by atoms with Crippen molar-refractivity contribution in [1.82, 2.24) is 39.0 Å².